The molecule has 11 heteroatoms. The minimum atomic E-state index is -4.73. The zero-order valence-electron chi connectivity index (χ0n) is 11.8. The van der Waals surface area contributed by atoms with E-state index in [9.17, 15) is 31.1 Å². The van der Waals surface area contributed by atoms with Gasteiger partial charge in [0.05, 0.1) is 16.3 Å². The van der Waals surface area contributed by atoms with Crippen LogP contribution in [0.2, 0.25) is 5.02 Å². The number of nitrogens with one attached hydrogen (secondary N) is 1. The third kappa shape index (κ3) is 3.81. The average molecular weight is 372 g/mol. The van der Waals surface area contributed by atoms with Gasteiger partial charge in [0.2, 0.25) is 0 Å². The van der Waals surface area contributed by atoms with Crippen molar-refractivity contribution in [1.82, 2.24) is 9.78 Å². The van der Waals surface area contributed by atoms with Crippen LogP contribution >= 0.6 is 11.6 Å². The van der Waals surface area contributed by atoms with Crippen molar-refractivity contribution in [2.24, 2.45) is 7.05 Å². The molecular formula is C13H8ClF6N3O. The molecular weight excluding hydrogens is 364 g/mol. The average Bonchev–Trinajstić information content (AvgIpc) is 2.82. The molecule has 0 saturated heterocycles. The van der Waals surface area contributed by atoms with E-state index in [1.54, 1.807) is 0 Å². The quantitative estimate of drug-likeness (QED) is 0.797. The summed E-state index contributed by atoms with van der Waals surface area (Å²) in [4.78, 5) is 11.9. The van der Waals surface area contributed by atoms with Crippen molar-refractivity contribution in [1.29, 1.82) is 0 Å². The molecule has 0 atom stereocenters. The number of rotatable bonds is 2. The van der Waals surface area contributed by atoms with E-state index in [0.29, 0.717) is 22.9 Å². The van der Waals surface area contributed by atoms with E-state index in [2.05, 4.69) is 5.10 Å². The second kappa shape index (κ2) is 6.00. The number of hydrogen-bond acceptors (Lipinski definition) is 2. The summed E-state index contributed by atoms with van der Waals surface area (Å²) in [6, 6.07) is 2.69. The highest BCUT2D eigenvalue weighted by Gasteiger charge is 2.36. The lowest BCUT2D eigenvalue weighted by Gasteiger charge is -2.11. The first-order valence-corrected chi connectivity index (χ1v) is 6.56. The van der Waals surface area contributed by atoms with Gasteiger partial charge in [-0.25, -0.2) is 0 Å². The number of anilines is 1. The Morgan fingerprint density at radius 1 is 1.12 bits per heavy atom. The molecule has 0 radical (unpaired) electrons. The molecule has 0 unspecified atom stereocenters. The Kier molecular flexibility index (Phi) is 4.53. The molecule has 0 aliphatic heterocycles. The van der Waals surface area contributed by atoms with E-state index in [1.165, 1.54) is 0 Å². The number of carbonyl (C=O) groups excluding carboxylic acids is 1. The van der Waals surface area contributed by atoms with Crippen molar-refractivity contribution < 1.29 is 31.1 Å². The fraction of sp³-hybridized carbons (Fsp3) is 0.231. The summed E-state index contributed by atoms with van der Waals surface area (Å²) in [6.45, 7) is 0. The van der Waals surface area contributed by atoms with Gasteiger partial charge in [0.25, 0.3) is 5.91 Å². The monoisotopic (exact) mass is 371 g/mol. The second-order valence-electron chi connectivity index (χ2n) is 4.68. The van der Waals surface area contributed by atoms with Crippen LogP contribution in [0, 0.1) is 0 Å². The number of aryl methyl sites for hydroxylation is 1. The van der Waals surface area contributed by atoms with E-state index >= 15 is 0 Å². The van der Waals surface area contributed by atoms with E-state index in [4.69, 9.17) is 11.6 Å². The van der Waals surface area contributed by atoms with Gasteiger partial charge >= 0.3 is 12.4 Å². The minimum Gasteiger partial charge on any atom is -0.319 e. The summed E-state index contributed by atoms with van der Waals surface area (Å²) in [5.41, 5.74) is -3.25. The Balaban J connectivity index is 2.31. The number of aromatic nitrogens is 2. The molecule has 1 N–H and O–H groups in total. The molecule has 0 fully saturated rings. The number of halogens is 7. The molecule has 0 aliphatic carbocycles. The fourth-order valence-corrected chi connectivity index (χ4v) is 1.99. The maximum absolute atomic E-state index is 12.7. The third-order valence-electron chi connectivity index (χ3n) is 2.94. The van der Waals surface area contributed by atoms with Crippen LogP contribution in [-0.2, 0) is 19.4 Å². The largest absolute Gasteiger partial charge is 0.433 e. The van der Waals surface area contributed by atoms with Crippen molar-refractivity contribution in [3.05, 3.63) is 46.2 Å². The number of alkyl halides is 6. The van der Waals surface area contributed by atoms with Gasteiger partial charge in [-0.15, -0.1) is 0 Å². The molecule has 130 valence electrons. The second-order valence-corrected chi connectivity index (χ2v) is 5.09. The molecule has 1 aromatic heterocycles. The SMILES string of the molecule is Cn1nc(C(=O)Nc2cc(C(F)(F)F)ccc2Cl)cc1C(F)(F)F. The van der Waals surface area contributed by atoms with Gasteiger partial charge in [0, 0.05) is 13.1 Å². The maximum Gasteiger partial charge on any atom is 0.433 e. The van der Waals surface area contributed by atoms with Gasteiger partial charge in [-0.1, -0.05) is 11.6 Å². The predicted octanol–water partition coefficient (Wildman–Crippen LogP) is 4.36. The van der Waals surface area contributed by atoms with Crippen LogP contribution in [0.15, 0.2) is 24.3 Å². The summed E-state index contributed by atoms with van der Waals surface area (Å²) in [5, 5.41) is 5.21. The molecule has 1 amide bonds. The van der Waals surface area contributed by atoms with Gasteiger partial charge in [0.1, 0.15) is 5.69 Å². The highest BCUT2D eigenvalue weighted by molar-refractivity contribution is 6.33. The molecule has 4 nitrogen and oxygen atoms in total. The van der Waals surface area contributed by atoms with Gasteiger partial charge < -0.3 is 5.32 Å². The summed E-state index contributed by atoms with van der Waals surface area (Å²) in [6.07, 6.45) is -9.40. The highest BCUT2D eigenvalue weighted by Crippen LogP contribution is 2.34. The van der Waals surface area contributed by atoms with Crippen LogP contribution in [0.25, 0.3) is 0 Å². The molecule has 0 spiro atoms. The van der Waals surface area contributed by atoms with Crippen LogP contribution in [0.5, 0.6) is 0 Å². The lowest BCUT2D eigenvalue weighted by Crippen LogP contribution is -2.14. The van der Waals surface area contributed by atoms with Crippen molar-refractivity contribution in [2.45, 2.75) is 12.4 Å². The summed E-state index contributed by atoms with van der Waals surface area (Å²) >= 11 is 5.70. The van der Waals surface area contributed by atoms with Gasteiger partial charge in [-0.3, -0.25) is 9.48 Å². The predicted molar refractivity (Wildman–Crippen MR) is 72.6 cm³/mol. The molecule has 1 heterocycles. The van der Waals surface area contributed by atoms with Gasteiger partial charge in [-0.05, 0) is 18.2 Å². The van der Waals surface area contributed by atoms with E-state index in [1.807, 2.05) is 5.32 Å². The first kappa shape index (κ1) is 18.1. The third-order valence-corrected chi connectivity index (χ3v) is 3.27. The molecule has 0 bridgehead atoms. The first-order valence-electron chi connectivity index (χ1n) is 6.19. The zero-order chi connectivity index (χ0) is 18.3. The number of nitrogens with zero attached hydrogens (tertiary/aromatic N) is 2. The molecule has 0 aliphatic rings. The van der Waals surface area contributed by atoms with Crippen LogP contribution in [0.3, 0.4) is 0 Å². The van der Waals surface area contributed by atoms with Crippen molar-refractivity contribution in [3.8, 4) is 0 Å². The van der Waals surface area contributed by atoms with E-state index in [-0.39, 0.29) is 5.02 Å². The van der Waals surface area contributed by atoms with Crippen LogP contribution in [-0.4, -0.2) is 15.7 Å². The number of benzene rings is 1. The minimum absolute atomic E-state index is 0.205. The number of carbonyl (C=O) groups is 1. The lowest BCUT2D eigenvalue weighted by molar-refractivity contribution is -0.143. The van der Waals surface area contributed by atoms with E-state index < -0.39 is 40.9 Å². The summed E-state index contributed by atoms with van der Waals surface area (Å²) < 4.78 is 76.4. The maximum atomic E-state index is 12.7. The summed E-state index contributed by atoms with van der Waals surface area (Å²) in [7, 11) is 0.983. The molecule has 0 saturated carbocycles. The van der Waals surface area contributed by atoms with Gasteiger partial charge in [0.15, 0.2) is 5.69 Å². The first-order chi connectivity index (χ1) is 10.9. The Hall–Kier alpha value is -2.23. The molecule has 24 heavy (non-hydrogen) atoms. The van der Waals surface area contributed by atoms with Crippen LogP contribution in [0.4, 0.5) is 32.0 Å². The number of hydrogen-bond donors (Lipinski definition) is 1. The Morgan fingerprint density at radius 3 is 2.25 bits per heavy atom. The Labute approximate surface area is 136 Å². The fourth-order valence-electron chi connectivity index (χ4n) is 1.83. The molecule has 2 rings (SSSR count). The van der Waals surface area contributed by atoms with Crippen LogP contribution < -0.4 is 5.32 Å². The summed E-state index contributed by atoms with van der Waals surface area (Å²) in [5.74, 6) is -1.12. The normalized spacial score (nSPS) is 12.3. The molecule has 1 aromatic carbocycles. The topological polar surface area (TPSA) is 46.9 Å². The lowest BCUT2D eigenvalue weighted by atomic mass is 10.2. The van der Waals surface area contributed by atoms with Crippen molar-refractivity contribution in [2.75, 3.05) is 5.32 Å². The van der Waals surface area contributed by atoms with Crippen molar-refractivity contribution >= 4 is 23.2 Å². The standard InChI is InChI=1S/C13H8ClF6N3O/c1-23-10(13(18,19)20)5-9(22-23)11(24)21-8-4-6(12(15,16)17)2-3-7(8)14/h2-5H,1H3,(H,21,24). The molecule has 2 aromatic rings. The Morgan fingerprint density at radius 2 is 1.75 bits per heavy atom. The van der Waals surface area contributed by atoms with Gasteiger partial charge in [-0.2, -0.15) is 31.4 Å². The highest BCUT2D eigenvalue weighted by atomic mass is 35.5. The van der Waals surface area contributed by atoms with Crippen molar-refractivity contribution in [3.63, 3.8) is 0 Å². The Bertz CT molecular complexity index is 781. The zero-order valence-corrected chi connectivity index (χ0v) is 12.5. The smallest absolute Gasteiger partial charge is 0.319 e. The van der Waals surface area contributed by atoms with E-state index in [0.717, 1.165) is 13.1 Å². The van der Waals surface area contributed by atoms with Crippen LogP contribution in [0.1, 0.15) is 21.7 Å². The number of amides is 1.